The Hall–Kier alpha value is -3.67. The van der Waals surface area contributed by atoms with E-state index in [1.54, 1.807) is 0 Å². The van der Waals surface area contributed by atoms with Crippen LogP contribution >= 0.6 is 0 Å². The van der Waals surface area contributed by atoms with Gasteiger partial charge in [-0.1, -0.05) is 77.7 Å². The quantitative estimate of drug-likeness (QED) is 0.184. The van der Waals surface area contributed by atoms with Crippen molar-refractivity contribution in [2.45, 2.75) is 19.3 Å². The molecule has 5 aromatic carbocycles. The largest absolute Gasteiger partial charge is 0.179 e. The maximum atomic E-state index is 3.30. The minimum atomic E-state index is 0.988. The molecule has 0 amide bonds. The number of benzene rings is 5. The molecule has 0 fully saturated rings. The van der Waals surface area contributed by atoms with Gasteiger partial charge < -0.3 is 0 Å². The Balaban J connectivity index is 0.000000119. The molecule has 0 radical (unpaired) electrons. The van der Waals surface area contributed by atoms with Crippen LogP contribution in [0.4, 0.5) is 0 Å². The summed E-state index contributed by atoms with van der Waals surface area (Å²) in [5.74, 6) is 0. The molecule has 0 saturated carbocycles. The van der Waals surface area contributed by atoms with E-state index in [0.29, 0.717) is 0 Å². The number of allylic oxidation sites excluding steroid dienone is 4. The predicted octanol–water partition coefficient (Wildman–Crippen LogP) is 8.78. The van der Waals surface area contributed by atoms with Crippen molar-refractivity contribution in [3.05, 3.63) is 191 Å². The SMILES string of the molecule is [C-]1=CC(Cc2ccccc2)=CC1.[Zr+2]=[C](c1ccccc1)c1ccccc1.[c-]1cccc2c1Cc1ccccc1-2. The van der Waals surface area contributed by atoms with Gasteiger partial charge in [-0.05, 0) is 6.42 Å². The minimum Gasteiger partial charge on any atom is -0.179 e. The summed E-state index contributed by atoms with van der Waals surface area (Å²) in [6.07, 6.45) is 10.6. The van der Waals surface area contributed by atoms with Gasteiger partial charge in [-0.25, -0.2) is 6.08 Å². The smallest absolute Gasteiger partial charge is 0.0253 e. The van der Waals surface area contributed by atoms with Gasteiger partial charge >= 0.3 is 99.2 Å². The molecular formula is C38H30Zr. The molecule has 2 aliphatic rings. The van der Waals surface area contributed by atoms with E-state index in [-0.39, 0.29) is 0 Å². The van der Waals surface area contributed by atoms with Gasteiger partial charge in [0.1, 0.15) is 0 Å². The van der Waals surface area contributed by atoms with Gasteiger partial charge in [0.25, 0.3) is 0 Å². The Kier molecular flexibility index (Phi) is 9.61. The maximum Gasteiger partial charge on any atom is -0.0253 e. The van der Waals surface area contributed by atoms with Crippen LogP contribution in [0.15, 0.2) is 151 Å². The van der Waals surface area contributed by atoms with Crippen LogP contribution in [0.25, 0.3) is 11.1 Å². The third-order valence-electron chi connectivity index (χ3n) is 6.76. The molecular weight excluding hydrogens is 548 g/mol. The fourth-order valence-corrected chi connectivity index (χ4v) is 5.59. The van der Waals surface area contributed by atoms with Gasteiger partial charge in [0.2, 0.25) is 0 Å². The molecule has 0 heterocycles. The summed E-state index contributed by atoms with van der Waals surface area (Å²) in [5.41, 5.74) is 10.9. The summed E-state index contributed by atoms with van der Waals surface area (Å²) in [5, 5.41) is 0. The summed E-state index contributed by atoms with van der Waals surface area (Å²) in [6.45, 7) is 0. The van der Waals surface area contributed by atoms with Crippen molar-refractivity contribution in [3.8, 4) is 11.1 Å². The molecule has 0 aromatic heterocycles. The van der Waals surface area contributed by atoms with E-state index in [0.717, 1.165) is 19.3 Å². The van der Waals surface area contributed by atoms with Gasteiger partial charge in [0.05, 0.1) is 0 Å². The van der Waals surface area contributed by atoms with Crippen molar-refractivity contribution in [1.29, 1.82) is 0 Å². The second-order valence-corrected chi connectivity index (χ2v) is 10.7. The second-order valence-electron chi connectivity index (χ2n) is 9.50. The van der Waals surface area contributed by atoms with Gasteiger partial charge in [-0.15, -0.1) is 12.0 Å². The van der Waals surface area contributed by atoms with Gasteiger partial charge in [-0.2, -0.15) is 41.5 Å². The zero-order valence-corrected chi connectivity index (χ0v) is 24.4. The van der Waals surface area contributed by atoms with Crippen LogP contribution in [0.3, 0.4) is 0 Å². The average Bonchev–Trinajstić information content (AvgIpc) is 3.67. The predicted molar refractivity (Wildman–Crippen MR) is 160 cm³/mol. The van der Waals surface area contributed by atoms with Gasteiger partial charge in [0, 0.05) is 0 Å². The number of hydrogen-bond acceptors (Lipinski definition) is 0. The van der Waals surface area contributed by atoms with Crippen molar-refractivity contribution >= 4 is 3.21 Å². The first kappa shape index (κ1) is 26.9. The van der Waals surface area contributed by atoms with E-state index in [9.17, 15) is 0 Å². The van der Waals surface area contributed by atoms with E-state index in [2.05, 4.69) is 152 Å². The van der Waals surface area contributed by atoms with Crippen molar-refractivity contribution in [3.63, 3.8) is 0 Å². The molecule has 0 bridgehead atoms. The standard InChI is InChI=1S/C13H9.C13H10.C12H11.Zr/c1-3-7-12-10(5-1)9-11-6-2-4-8-13(11)12;1-3-7-12(8-4-1)11-13-9-5-2-6-10-13;1-2-6-11(7-3-1)10-12-8-4-5-9-12;/h1-5,7-8H,9H2;1-10H;1-3,6-9H,4,10H2;/q-1;;-1;+2. The van der Waals surface area contributed by atoms with Crippen LogP contribution in [0.2, 0.25) is 0 Å². The Bertz CT molecular complexity index is 1480. The molecule has 0 spiro atoms. The average molecular weight is 578 g/mol. The normalized spacial score (nSPS) is 12.2. The summed E-state index contributed by atoms with van der Waals surface area (Å²) in [6, 6.07) is 49.7. The summed E-state index contributed by atoms with van der Waals surface area (Å²) in [4.78, 5) is 0. The molecule has 39 heavy (non-hydrogen) atoms. The van der Waals surface area contributed by atoms with Crippen LogP contribution in [0.1, 0.15) is 34.2 Å². The van der Waals surface area contributed by atoms with E-state index >= 15 is 0 Å². The van der Waals surface area contributed by atoms with Crippen LogP contribution in [-0.4, -0.2) is 3.21 Å². The van der Waals surface area contributed by atoms with Gasteiger partial charge in [0.15, 0.2) is 0 Å². The summed E-state index contributed by atoms with van der Waals surface area (Å²) in [7, 11) is 0. The first-order chi connectivity index (χ1) is 19.3. The Morgan fingerprint density at radius 3 is 1.87 bits per heavy atom. The van der Waals surface area contributed by atoms with Crippen LogP contribution < -0.4 is 0 Å². The van der Waals surface area contributed by atoms with Crippen molar-refractivity contribution in [1.82, 2.24) is 0 Å². The topological polar surface area (TPSA) is 0 Å². The zero-order chi connectivity index (χ0) is 26.7. The molecule has 1 heteroatoms. The molecule has 0 nitrogen and oxygen atoms in total. The number of fused-ring (bicyclic) bond motifs is 3. The van der Waals surface area contributed by atoms with Crippen molar-refractivity contribution in [2.75, 3.05) is 0 Å². The number of rotatable bonds is 4. The van der Waals surface area contributed by atoms with Crippen LogP contribution in [0.5, 0.6) is 0 Å². The molecule has 2 aliphatic carbocycles. The third-order valence-corrected chi connectivity index (χ3v) is 8.18. The Morgan fingerprint density at radius 2 is 1.23 bits per heavy atom. The first-order valence-corrected chi connectivity index (χ1v) is 14.6. The molecule has 7 rings (SSSR count). The summed E-state index contributed by atoms with van der Waals surface area (Å²) < 4.78 is 1.42. The molecule has 0 unspecified atom stereocenters. The Labute approximate surface area is 247 Å². The maximum absolute atomic E-state index is 3.30. The van der Waals surface area contributed by atoms with E-state index in [1.807, 2.05) is 6.07 Å². The zero-order valence-electron chi connectivity index (χ0n) is 22.0. The van der Waals surface area contributed by atoms with E-state index in [4.69, 9.17) is 0 Å². The third kappa shape index (κ3) is 7.47. The molecule has 186 valence electrons. The van der Waals surface area contributed by atoms with Crippen molar-refractivity contribution in [2.24, 2.45) is 0 Å². The van der Waals surface area contributed by atoms with Gasteiger partial charge in [-0.3, -0.25) is 6.08 Å². The minimum absolute atomic E-state index is 0.988. The number of hydrogen-bond donors (Lipinski definition) is 0. The van der Waals surface area contributed by atoms with E-state index in [1.165, 1.54) is 72.0 Å². The molecule has 0 N–H and O–H groups in total. The molecule has 5 aromatic rings. The Morgan fingerprint density at radius 1 is 0.641 bits per heavy atom. The molecule has 0 saturated heterocycles. The second kappa shape index (κ2) is 13.9. The molecule has 0 aliphatic heterocycles. The molecule has 0 atom stereocenters. The monoisotopic (exact) mass is 576 g/mol. The first-order valence-electron chi connectivity index (χ1n) is 13.3. The summed E-state index contributed by atoms with van der Waals surface area (Å²) >= 11 is 1.46. The van der Waals surface area contributed by atoms with Crippen LogP contribution in [-0.2, 0) is 37.1 Å². The van der Waals surface area contributed by atoms with E-state index < -0.39 is 0 Å². The fourth-order valence-electron chi connectivity index (χ4n) is 4.77. The van der Waals surface area contributed by atoms with Crippen LogP contribution in [0, 0.1) is 12.1 Å². The van der Waals surface area contributed by atoms with Crippen molar-refractivity contribution < 1.29 is 24.2 Å². The fraction of sp³-hybridized carbons (Fsp3) is 0.0789.